The van der Waals surface area contributed by atoms with E-state index in [0.717, 1.165) is 30.9 Å². The summed E-state index contributed by atoms with van der Waals surface area (Å²) in [5.74, 6) is 1.86. The molecule has 174 valence electrons. The van der Waals surface area contributed by atoms with Crippen LogP contribution in [0.5, 0.6) is 5.75 Å². The zero-order valence-corrected chi connectivity index (χ0v) is 19.3. The topological polar surface area (TPSA) is 71.0 Å². The number of aromatic nitrogens is 1. The minimum Gasteiger partial charge on any atom is -0.489 e. The van der Waals surface area contributed by atoms with Crippen LogP contribution < -0.4 is 20.3 Å². The van der Waals surface area contributed by atoms with Crippen LogP contribution >= 0.6 is 0 Å². The molecule has 2 N–H and O–H groups in total. The van der Waals surface area contributed by atoms with E-state index in [2.05, 4.69) is 51.5 Å². The van der Waals surface area contributed by atoms with Crippen molar-refractivity contribution in [3.63, 3.8) is 0 Å². The van der Waals surface area contributed by atoms with Crippen LogP contribution in [0.15, 0.2) is 47.6 Å². The molecule has 0 saturated carbocycles. The summed E-state index contributed by atoms with van der Waals surface area (Å²) in [7, 11) is 1.73. The molecule has 7 nitrogen and oxygen atoms in total. The molecule has 1 aliphatic heterocycles. The maximum atomic E-state index is 13.4. The standard InChI is InChI=1S/C24H34FN5O2/c1-5-21(32-22-8-6-7-20(25)11-22)14-29-24(26-4)28-13-19-9-10-23(27-12-19)30-15-17(2)31-18(3)16-30/h6-12,17-18,21H,5,13-16H2,1-4H3,(H2,26,28,29). The molecule has 1 aliphatic rings. The Morgan fingerprint density at radius 3 is 2.66 bits per heavy atom. The number of hydrogen-bond donors (Lipinski definition) is 2. The molecule has 1 saturated heterocycles. The number of anilines is 1. The molecule has 2 heterocycles. The summed E-state index contributed by atoms with van der Waals surface area (Å²) in [5.41, 5.74) is 1.06. The molecule has 8 heteroatoms. The summed E-state index contributed by atoms with van der Waals surface area (Å²) in [4.78, 5) is 11.2. The molecule has 3 atom stereocenters. The van der Waals surface area contributed by atoms with Crippen LogP contribution in [0.1, 0.15) is 32.8 Å². The van der Waals surface area contributed by atoms with Crippen molar-refractivity contribution >= 4 is 11.8 Å². The Labute approximate surface area is 190 Å². The average molecular weight is 444 g/mol. The van der Waals surface area contributed by atoms with E-state index in [9.17, 15) is 4.39 Å². The number of guanidine groups is 1. The lowest BCUT2D eigenvalue weighted by atomic mass is 10.2. The Morgan fingerprint density at radius 1 is 1.25 bits per heavy atom. The van der Waals surface area contributed by atoms with Crippen LogP contribution in [0.2, 0.25) is 0 Å². The van der Waals surface area contributed by atoms with Gasteiger partial charge in [-0.15, -0.1) is 0 Å². The highest BCUT2D eigenvalue weighted by Crippen LogP contribution is 2.18. The third kappa shape index (κ3) is 7.09. The van der Waals surface area contributed by atoms with Crippen molar-refractivity contribution in [2.24, 2.45) is 4.99 Å². The van der Waals surface area contributed by atoms with Crippen LogP contribution in [0.4, 0.5) is 10.2 Å². The van der Waals surface area contributed by atoms with E-state index in [0.29, 0.717) is 24.8 Å². The molecule has 1 fully saturated rings. The van der Waals surface area contributed by atoms with Gasteiger partial charge in [0.05, 0.1) is 18.8 Å². The van der Waals surface area contributed by atoms with Gasteiger partial charge in [-0.3, -0.25) is 4.99 Å². The van der Waals surface area contributed by atoms with Gasteiger partial charge in [-0.05, 0) is 44.0 Å². The molecule has 3 rings (SSSR count). The molecule has 0 radical (unpaired) electrons. The third-order valence-corrected chi connectivity index (χ3v) is 5.29. The largest absolute Gasteiger partial charge is 0.489 e. The Kier molecular flexibility index (Phi) is 8.67. The summed E-state index contributed by atoms with van der Waals surface area (Å²) in [6.45, 7) is 9.06. The SMILES string of the molecule is CCC(CNC(=NC)NCc1ccc(N2CC(C)OC(C)C2)nc1)Oc1cccc(F)c1. The van der Waals surface area contributed by atoms with Crippen LogP contribution in [0, 0.1) is 5.82 Å². The van der Waals surface area contributed by atoms with Gasteiger partial charge >= 0.3 is 0 Å². The lowest BCUT2D eigenvalue weighted by molar-refractivity contribution is -0.00546. The number of hydrogen-bond acceptors (Lipinski definition) is 5. The number of rotatable bonds is 8. The van der Waals surface area contributed by atoms with Crippen molar-refractivity contribution in [1.29, 1.82) is 0 Å². The van der Waals surface area contributed by atoms with Crippen molar-refractivity contribution in [2.45, 2.75) is 52.0 Å². The van der Waals surface area contributed by atoms with E-state index >= 15 is 0 Å². The molecule has 3 unspecified atom stereocenters. The lowest BCUT2D eigenvalue weighted by Crippen LogP contribution is -2.45. The zero-order chi connectivity index (χ0) is 22.9. The molecule has 2 aromatic rings. The fraction of sp³-hybridized carbons (Fsp3) is 0.500. The first-order valence-electron chi connectivity index (χ1n) is 11.2. The second-order valence-corrected chi connectivity index (χ2v) is 8.10. The number of pyridine rings is 1. The highest BCUT2D eigenvalue weighted by molar-refractivity contribution is 5.79. The second kappa shape index (κ2) is 11.7. The summed E-state index contributed by atoms with van der Waals surface area (Å²) in [6, 6.07) is 10.3. The number of morpholine rings is 1. The summed E-state index contributed by atoms with van der Waals surface area (Å²) < 4.78 is 25.1. The summed E-state index contributed by atoms with van der Waals surface area (Å²) in [5, 5.41) is 6.58. The Hall–Kier alpha value is -2.87. The predicted molar refractivity (Wildman–Crippen MR) is 126 cm³/mol. The van der Waals surface area contributed by atoms with Gasteiger partial charge in [-0.25, -0.2) is 9.37 Å². The molecule has 1 aromatic carbocycles. The third-order valence-electron chi connectivity index (χ3n) is 5.29. The minimum atomic E-state index is -0.305. The van der Waals surface area contributed by atoms with Gasteiger partial charge in [0.1, 0.15) is 23.5 Å². The van der Waals surface area contributed by atoms with E-state index in [-0.39, 0.29) is 24.1 Å². The smallest absolute Gasteiger partial charge is 0.191 e. The summed E-state index contributed by atoms with van der Waals surface area (Å²) in [6.07, 6.45) is 2.98. The maximum Gasteiger partial charge on any atom is 0.191 e. The molecule has 0 bridgehead atoms. The van der Waals surface area contributed by atoms with Gasteiger partial charge in [0, 0.05) is 38.9 Å². The normalized spacial score (nSPS) is 20.0. The van der Waals surface area contributed by atoms with Gasteiger partial charge in [0.15, 0.2) is 5.96 Å². The van der Waals surface area contributed by atoms with Crippen molar-refractivity contribution in [3.8, 4) is 5.75 Å². The number of nitrogens with zero attached hydrogens (tertiary/aromatic N) is 3. The fourth-order valence-electron chi connectivity index (χ4n) is 3.69. The molecule has 0 amide bonds. The Balaban J connectivity index is 1.47. The van der Waals surface area contributed by atoms with Gasteiger partial charge in [-0.2, -0.15) is 0 Å². The van der Waals surface area contributed by atoms with Crippen molar-refractivity contribution in [1.82, 2.24) is 15.6 Å². The number of ether oxygens (including phenoxy) is 2. The Bertz CT molecular complexity index is 867. The summed E-state index contributed by atoms with van der Waals surface area (Å²) >= 11 is 0. The monoisotopic (exact) mass is 443 g/mol. The molecular weight excluding hydrogens is 409 g/mol. The van der Waals surface area contributed by atoms with E-state index in [1.54, 1.807) is 19.2 Å². The van der Waals surface area contributed by atoms with E-state index < -0.39 is 0 Å². The number of nitrogens with one attached hydrogen (secondary N) is 2. The highest BCUT2D eigenvalue weighted by Gasteiger charge is 2.23. The van der Waals surface area contributed by atoms with Crippen molar-refractivity contribution in [3.05, 3.63) is 54.0 Å². The van der Waals surface area contributed by atoms with E-state index in [1.165, 1.54) is 12.1 Å². The highest BCUT2D eigenvalue weighted by atomic mass is 19.1. The minimum absolute atomic E-state index is 0.102. The molecule has 1 aromatic heterocycles. The predicted octanol–water partition coefficient (Wildman–Crippen LogP) is 3.36. The zero-order valence-electron chi connectivity index (χ0n) is 19.3. The van der Waals surface area contributed by atoms with Gasteiger partial charge < -0.3 is 25.0 Å². The number of aliphatic imine (C=N–C) groups is 1. The van der Waals surface area contributed by atoms with Crippen LogP contribution in [-0.2, 0) is 11.3 Å². The first-order valence-corrected chi connectivity index (χ1v) is 11.2. The van der Waals surface area contributed by atoms with Crippen LogP contribution in [-0.4, -0.2) is 55.9 Å². The molecule has 0 spiro atoms. The second-order valence-electron chi connectivity index (χ2n) is 8.10. The van der Waals surface area contributed by atoms with Crippen LogP contribution in [0.25, 0.3) is 0 Å². The van der Waals surface area contributed by atoms with E-state index in [1.807, 2.05) is 13.1 Å². The first kappa shape index (κ1) is 23.8. The molecular formula is C24H34FN5O2. The average Bonchev–Trinajstić information content (AvgIpc) is 2.78. The quantitative estimate of drug-likeness (QED) is 0.482. The first-order chi connectivity index (χ1) is 15.5. The van der Waals surface area contributed by atoms with Gasteiger partial charge in [0.25, 0.3) is 0 Å². The van der Waals surface area contributed by atoms with Crippen molar-refractivity contribution < 1.29 is 13.9 Å². The molecule has 32 heavy (non-hydrogen) atoms. The maximum absolute atomic E-state index is 13.4. The fourth-order valence-corrected chi connectivity index (χ4v) is 3.69. The van der Waals surface area contributed by atoms with E-state index in [4.69, 9.17) is 9.47 Å². The van der Waals surface area contributed by atoms with Gasteiger partial charge in [-0.1, -0.05) is 19.1 Å². The lowest BCUT2D eigenvalue weighted by Gasteiger charge is -2.36. The number of halogens is 1. The van der Waals surface area contributed by atoms with Crippen LogP contribution in [0.3, 0.4) is 0 Å². The van der Waals surface area contributed by atoms with Crippen molar-refractivity contribution in [2.75, 3.05) is 31.6 Å². The van der Waals surface area contributed by atoms with Gasteiger partial charge in [0.2, 0.25) is 0 Å². The number of benzene rings is 1. The molecule has 0 aliphatic carbocycles. The Morgan fingerprint density at radius 2 is 2.03 bits per heavy atom.